The number of halogens is 1. The van der Waals surface area contributed by atoms with E-state index in [2.05, 4.69) is 51.8 Å². The smallest absolute Gasteiger partial charge is 0.0738 e. The molecule has 0 aromatic carbocycles. The second kappa shape index (κ2) is 8.30. The van der Waals surface area contributed by atoms with Gasteiger partial charge in [-0.3, -0.25) is 4.68 Å². The third-order valence-electron chi connectivity index (χ3n) is 4.25. The maximum absolute atomic E-state index is 5.75. The maximum Gasteiger partial charge on any atom is 0.0738 e. The van der Waals surface area contributed by atoms with Crippen LogP contribution in [0.3, 0.4) is 0 Å². The largest absolute Gasteiger partial charge is 0.378 e. The number of hydrogen-bond acceptors (Lipinski definition) is 3. The van der Waals surface area contributed by atoms with Crippen molar-refractivity contribution in [2.75, 3.05) is 13.2 Å². The fraction of sp³-hybridized carbons (Fsp3) is 0.812. The molecule has 120 valence electrons. The van der Waals surface area contributed by atoms with Gasteiger partial charge in [-0.05, 0) is 62.0 Å². The Bertz CT molecular complexity index is 441. The van der Waals surface area contributed by atoms with Gasteiger partial charge in [0, 0.05) is 25.6 Å². The lowest BCUT2D eigenvalue weighted by Gasteiger charge is -2.20. The monoisotopic (exact) mass is 357 g/mol. The number of aryl methyl sites for hydroxylation is 2. The van der Waals surface area contributed by atoms with Gasteiger partial charge in [0.15, 0.2) is 0 Å². The highest BCUT2D eigenvalue weighted by molar-refractivity contribution is 9.10. The van der Waals surface area contributed by atoms with Crippen molar-refractivity contribution in [2.45, 2.75) is 71.6 Å². The van der Waals surface area contributed by atoms with Crippen LogP contribution >= 0.6 is 15.9 Å². The van der Waals surface area contributed by atoms with Crippen LogP contribution in [0.1, 0.15) is 50.9 Å². The topological polar surface area (TPSA) is 39.1 Å². The molecule has 0 amide bonds. The molecule has 1 saturated heterocycles. The van der Waals surface area contributed by atoms with Crippen molar-refractivity contribution < 1.29 is 4.74 Å². The highest BCUT2D eigenvalue weighted by Gasteiger charge is 2.20. The Labute approximate surface area is 136 Å². The van der Waals surface area contributed by atoms with Gasteiger partial charge < -0.3 is 10.1 Å². The first-order chi connectivity index (χ1) is 10.2. The van der Waals surface area contributed by atoms with Gasteiger partial charge in [-0.2, -0.15) is 5.10 Å². The van der Waals surface area contributed by atoms with E-state index in [4.69, 9.17) is 4.74 Å². The zero-order valence-corrected chi connectivity index (χ0v) is 15.1. The van der Waals surface area contributed by atoms with Gasteiger partial charge in [-0.15, -0.1) is 0 Å². The third-order valence-corrected chi connectivity index (χ3v) is 5.28. The Kier molecular flexibility index (Phi) is 6.71. The Hall–Kier alpha value is -0.390. The van der Waals surface area contributed by atoms with Gasteiger partial charge in [0.1, 0.15) is 0 Å². The zero-order chi connectivity index (χ0) is 15.2. The lowest BCUT2D eigenvalue weighted by Crippen LogP contribution is -2.32. The summed E-state index contributed by atoms with van der Waals surface area (Å²) in [5, 5.41) is 8.22. The van der Waals surface area contributed by atoms with E-state index in [0.29, 0.717) is 12.1 Å². The van der Waals surface area contributed by atoms with Gasteiger partial charge in [-0.1, -0.05) is 6.92 Å². The van der Waals surface area contributed by atoms with Crippen LogP contribution < -0.4 is 5.32 Å². The molecule has 2 unspecified atom stereocenters. The van der Waals surface area contributed by atoms with Crippen LogP contribution in [0.4, 0.5) is 0 Å². The molecule has 1 aromatic rings. The van der Waals surface area contributed by atoms with E-state index in [9.17, 15) is 0 Å². The third kappa shape index (κ3) is 4.54. The Morgan fingerprint density at radius 2 is 2.29 bits per heavy atom. The van der Waals surface area contributed by atoms with Crippen LogP contribution in [0.2, 0.25) is 0 Å². The standard InChI is InChI=1S/C16H28BrN3O/c1-4-18-13(8-9-14-7-6-10-21-14)11-15-16(17)12(3)19-20(15)5-2/h13-14,18H,4-11H2,1-3H3. The lowest BCUT2D eigenvalue weighted by molar-refractivity contribution is 0.0995. The molecule has 2 rings (SSSR count). The molecule has 2 heterocycles. The van der Waals surface area contributed by atoms with Gasteiger partial charge in [0.05, 0.1) is 22.0 Å². The predicted molar refractivity (Wildman–Crippen MR) is 89.7 cm³/mol. The van der Waals surface area contributed by atoms with Crippen LogP contribution in [0.5, 0.6) is 0 Å². The molecule has 1 N–H and O–H groups in total. The molecule has 21 heavy (non-hydrogen) atoms. The van der Waals surface area contributed by atoms with Gasteiger partial charge >= 0.3 is 0 Å². The molecule has 4 nitrogen and oxygen atoms in total. The van der Waals surface area contributed by atoms with Crippen LogP contribution in [0, 0.1) is 6.92 Å². The summed E-state index contributed by atoms with van der Waals surface area (Å²) in [6.07, 6.45) is 6.29. The molecule has 2 atom stereocenters. The zero-order valence-electron chi connectivity index (χ0n) is 13.5. The van der Waals surface area contributed by atoms with Gasteiger partial charge in [0.2, 0.25) is 0 Å². The first-order valence-corrected chi connectivity index (χ1v) is 9.01. The van der Waals surface area contributed by atoms with Crippen LogP contribution in [-0.2, 0) is 17.7 Å². The number of nitrogens with zero attached hydrogens (tertiary/aromatic N) is 2. The highest BCUT2D eigenvalue weighted by atomic mass is 79.9. The Balaban J connectivity index is 1.98. The molecule has 1 fully saturated rings. The Morgan fingerprint density at radius 3 is 2.90 bits per heavy atom. The fourth-order valence-electron chi connectivity index (χ4n) is 3.12. The predicted octanol–water partition coefficient (Wildman–Crippen LogP) is 3.45. The van der Waals surface area contributed by atoms with Crippen molar-refractivity contribution in [3.05, 3.63) is 15.9 Å². The first kappa shape index (κ1) is 17.0. The first-order valence-electron chi connectivity index (χ1n) is 8.22. The number of aromatic nitrogens is 2. The quantitative estimate of drug-likeness (QED) is 0.774. The number of hydrogen-bond donors (Lipinski definition) is 1. The van der Waals surface area contributed by atoms with Crippen LogP contribution in [0.25, 0.3) is 0 Å². The molecule has 0 radical (unpaired) electrons. The second-order valence-electron chi connectivity index (χ2n) is 5.83. The summed E-state index contributed by atoms with van der Waals surface area (Å²) in [5.74, 6) is 0. The molecule has 1 aliphatic heterocycles. The van der Waals surface area contributed by atoms with E-state index in [0.717, 1.165) is 38.2 Å². The summed E-state index contributed by atoms with van der Waals surface area (Å²) in [6.45, 7) is 9.27. The highest BCUT2D eigenvalue weighted by Crippen LogP contribution is 2.24. The molecular weight excluding hydrogens is 330 g/mol. The minimum absolute atomic E-state index is 0.479. The molecule has 0 saturated carbocycles. The van der Waals surface area contributed by atoms with Gasteiger partial charge in [-0.25, -0.2) is 0 Å². The van der Waals surface area contributed by atoms with Crippen LogP contribution in [-0.4, -0.2) is 35.1 Å². The summed E-state index contributed by atoms with van der Waals surface area (Å²) in [4.78, 5) is 0. The van der Waals surface area contributed by atoms with Crippen molar-refractivity contribution in [1.82, 2.24) is 15.1 Å². The SMILES string of the molecule is CCNC(CCC1CCCO1)Cc1c(Br)c(C)nn1CC. The van der Waals surface area contributed by atoms with E-state index >= 15 is 0 Å². The molecule has 1 aromatic heterocycles. The van der Waals surface area contributed by atoms with E-state index in [-0.39, 0.29) is 0 Å². The van der Waals surface area contributed by atoms with Crippen molar-refractivity contribution in [1.29, 1.82) is 0 Å². The fourth-order valence-corrected chi connectivity index (χ4v) is 3.57. The van der Waals surface area contributed by atoms with E-state index in [1.807, 2.05) is 0 Å². The van der Waals surface area contributed by atoms with E-state index < -0.39 is 0 Å². The molecule has 0 bridgehead atoms. The minimum Gasteiger partial charge on any atom is -0.378 e. The van der Waals surface area contributed by atoms with Crippen LogP contribution in [0.15, 0.2) is 4.47 Å². The Morgan fingerprint density at radius 1 is 1.48 bits per heavy atom. The van der Waals surface area contributed by atoms with Crippen molar-refractivity contribution in [2.24, 2.45) is 0 Å². The summed E-state index contributed by atoms with van der Waals surface area (Å²) >= 11 is 3.70. The normalized spacial score (nSPS) is 20.1. The minimum atomic E-state index is 0.479. The number of ether oxygens (including phenoxy) is 1. The van der Waals surface area contributed by atoms with Crippen molar-refractivity contribution in [3.8, 4) is 0 Å². The molecule has 5 heteroatoms. The second-order valence-corrected chi connectivity index (χ2v) is 6.63. The average molecular weight is 358 g/mol. The van der Waals surface area contributed by atoms with E-state index in [1.54, 1.807) is 0 Å². The summed E-state index contributed by atoms with van der Waals surface area (Å²) in [7, 11) is 0. The number of rotatable bonds is 8. The number of nitrogens with one attached hydrogen (secondary N) is 1. The average Bonchev–Trinajstić information content (AvgIpc) is 3.08. The molecule has 0 aliphatic carbocycles. The molecule has 1 aliphatic rings. The summed E-state index contributed by atoms with van der Waals surface area (Å²) in [6, 6.07) is 0.497. The summed E-state index contributed by atoms with van der Waals surface area (Å²) in [5.41, 5.74) is 2.40. The molecule has 0 spiro atoms. The summed E-state index contributed by atoms with van der Waals surface area (Å²) < 4.78 is 9.04. The maximum atomic E-state index is 5.75. The van der Waals surface area contributed by atoms with Crippen molar-refractivity contribution in [3.63, 3.8) is 0 Å². The lowest BCUT2D eigenvalue weighted by atomic mass is 10.0. The molecular formula is C16H28BrN3O. The van der Waals surface area contributed by atoms with E-state index in [1.165, 1.54) is 29.4 Å². The number of likely N-dealkylation sites (N-methyl/N-ethyl adjacent to an activating group) is 1. The van der Waals surface area contributed by atoms with Crippen molar-refractivity contribution >= 4 is 15.9 Å². The van der Waals surface area contributed by atoms with Gasteiger partial charge in [0.25, 0.3) is 0 Å².